The molecule has 1 atom stereocenters. The average Bonchev–Trinajstić information content (AvgIpc) is 2.33. The second-order valence-electron chi connectivity index (χ2n) is 5.38. The van der Waals surface area contributed by atoms with E-state index in [1.807, 2.05) is 0 Å². The Morgan fingerprint density at radius 1 is 1.12 bits per heavy atom. The lowest BCUT2D eigenvalue weighted by Crippen LogP contribution is -2.13. The minimum Gasteiger partial charge on any atom is -0.309 e. The third-order valence-corrected chi connectivity index (χ3v) is 4.34. The molecule has 2 rings (SSSR count). The summed E-state index contributed by atoms with van der Waals surface area (Å²) in [5, 5.41) is 7.67. The summed E-state index contributed by atoms with van der Waals surface area (Å²) in [7, 11) is 0. The fourth-order valence-electron chi connectivity index (χ4n) is 2.95. The standard InChI is InChI=1S/C16H23N/c1-11-5-4-6-16(12(11)2)13(3)14-7-9-15(17)10-8-14/h5,7,13,17H,4,6,8-10H2,1-3H3. The first-order chi connectivity index (χ1) is 8.09. The lowest BCUT2D eigenvalue weighted by Gasteiger charge is -2.27. The molecule has 0 amide bonds. The molecule has 2 aliphatic carbocycles. The topological polar surface area (TPSA) is 23.9 Å². The van der Waals surface area contributed by atoms with Gasteiger partial charge in [0.2, 0.25) is 0 Å². The molecule has 1 heteroatoms. The maximum atomic E-state index is 7.67. The molecule has 0 saturated carbocycles. The van der Waals surface area contributed by atoms with Gasteiger partial charge in [-0.3, -0.25) is 0 Å². The van der Waals surface area contributed by atoms with Crippen molar-refractivity contribution in [1.29, 1.82) is 5.41 Å². The van der Waals surface area contributed by atoms with Gasteiger partial charge in [-0.05, 0) is 51.0 Å². The summed E-state index contributed by atoms with van der Waals surface area (Å²) in [5.74, 6) is 0.590. The molecule has 2 aliphatic rings. The molecule has 0 fully saturated rings. The lowest BCUT2D eigenvalue weighted by atomic mass is 9.79. The van der Waals surface area contributed by atoms with E-state index in [2.05, 4.69) is 32.9 Å². The fraction of sp³-hybridized carbons (Fsp3) is 0.562. The van der Waals surface area contributed by atoms with Gasteiger partial charge in [0.15, 0.2) is 0 Å². The molecule has 1 nitrogen and oxygen atoms in total. The Balaban J connectivity index is 2.20. The van der Waals surface area contributed by atoms with Crippen molar-refractivity contribution >= 4 is 5.71 Å². The summed E-state index contributed by atoms with van der Waals surface area (Å²) in [6, 6.07) is 0. The predicted molar refractivity (Wildman–Crippen MR) is 74.5 cm³/mol. The molecule has 0 spiro atoms. The quantitative estimate of drug-likeness (QED) is 0.657. The van der Waals surface area contributed by atoms with Crippen molar-refractivity contribution in [2.75, 3.05) is 0 Å². The third kappa shape index (κ3) is 2.59. The molecule has 0 radical (unpaired) electrons. The summed E-state index contributed by atoms with van der Waals surface area (Å²) in [6.45, 7) is 6.84. The highest BCUT2D eigenvalue weighted by molar-refractivity contribution is 5.84. The molecular weight excluding hydrogens is 206 g/mol. The van der Waals surface area contributed by atoms with Crippen LogP contribution in [0.3, 0.4) is 0 Å². The normalized spacial score (nSPS) is 23.4. The van der Waals surface area contributed by atoms with Crippen LogP contribution in [0.4, 0.5) is 0 Å². The van der Waals surface area contributed by atoms with Crippen molar-refractivity contribution in [2.45, 2.75) is 52.9 Å². The molecule has 0 aromatic rings. The number of nitrogens with one attached hydrogen (secondary N) is 1. The Bertz CT molecular complexity index is 421. The van der Waals surface area contributed by atoms with E-state index in [-0.39, 0.29) is 0 Å². The zero-order valence-electron chi connectivity index (χ0n) is 11.3. The van der Waals surface area contributed by atoms with Crippen molar-refractivity contribution in [3.05, 3.63) is 34.4 Å². The Kier molecular flexibility index (Phi) is 3.66. The first kappa shape index (κ1) is 12.3. The number of hydrogen-bond donors (Lipinski definition) is 1. The zero-order valence-corrected chi connectivity index (χ0v) is 11.3. The van der Waals surface area contributed by atoms with Gasteiger partial charge < -0.3 is 5.41 Å². The molecule has 0 aliphatic heterocycles. The van der Waals surface area contributed by atoms with Crippen LogP contribution in [-0.4, -0.2) is 5.71 Å². The van der Waals surface area contributed by atoms with Gasteiger partial charge in [0, 0.05) is 12.1 Å². The van der Waals surface area contributed by atoms with E-state index in [4.69, 9.17) is 5.41 Å². The summed E-state index contributed by atoms with van der Waals surface area (Å²) in [4.78, 5) is 0. The SMILES string of the molecule is CC1=CCCC(C(C)C2=CCC(=N)CC2)=C1C. The van der Waals surface area contributed by atoms with E-state index >= 15 is 0 Å². The smallest absolute Gasteiger partial charge is 0.0130 e. The fourth-order valence-corrected chi connectivity index (χ4v) is 2.95. The minimum atomic E-state index is 0.590. The van der Waals surface area contributed by atoms with Crippen LogP contribution in [0.15, 0.2) is 34.4 Å². The van der Waals surface area contributed by atoms with E-state index in [1.54, 1.807) is 11.1 Å². The molecule has 0 heterocycles. The largest absolute Gasteiger partial charge is 0.309 e. The van der Waals surface area contributed by atoms with Gasteiger partial charge in [0.25, 0.3) is 0 Å². The highest BCUT2D eigenvalue weighted by Gasteiger charge is 2.20. The summed E-state index contributed by atoms with van der Waals surface area (Å²) in [6.07, 6.45) is 10.0. The van der Waals surface area contributed by atoms with Gasteiger partial charge in [-0.1, -0.05) is 35.8 Å². The Morgan fingerprint density at radius 2 is 1.88 bits per heavy atom. The Hall–Kier alpha value is -1.11. The van der Waals surface area contributed by atoms with E-state index in [1.165, 1.54) is 24.0 Å². The molecule has 92 valence electrons. The third-order valence-electron chi connectivity index (χ3n) is 4.34. The second kappa shape index (κ2) is 5.03. The zero-order chi connectivity index (χ0) is 12.4. The van der Waals surface area contributed by atoms with Crippen LogP contribution in [0.1, 0.15) is 52.9 Å². The van der Waals surface area contributed by atoms with Crippen LogP contribution < -0.4 is 0 Å². The van der Waals surface area contributed by atoms with Gasteiger partial charge >= 0.3 is 0 Å². The first-order valence-electron chi connectivity index (χ1n) is 6.71. The van der Waals surface area contributed by atoms with Crippen LogP contribution in [-0.2, 0) is 0 Å². The Labute approximate surface area is 105 Å². The van der Waals surface area contributed by atoms with E-state index in [0.29, 0.717) is 5.92 Å². The highest BCUT2D eigenvalue weighted by atomic mass is 14.4. The van der Waals surface area contributed by atoms with Crippen molar-refractivity contribution in [1.82, 2.24) is 0 Å². The summed E-state index contributed by atoms with van der Waals surface area (Å²) < 4.78 is 0. The van der Waals surface area contributed by atoms with Gasteiger partial charge in [-0.15, -0.1) is 0 Å². The molecule has 1 unspecified atom stereocenters. The van der Waals surface area contributed by atoms with Crippen LogP contribution >= 0.6 is 0 Å². The minimum absolute atomic E-state index is 0.590. The average molecular weight is 229 g/mol. The first-order valence-corrected chi connectivity index (χ1v) is 6.71. The summed E-state index contributed by atoms with van der Waals surface area (Å²) >= 11 is 0. The number of hydrogen-bond acceptors (Lipinski definition) is 1. The van der Waals surface area contributed by atoms with Crippen molar-refractivity contribution in [2.24, 2.45) is 5.92 Å². The van der Waals surface area contributed by atoms with Crippen molar-refractivity contribution in [3.63, 3.8) is 0 Å². The van der Waals surface area contributed by atoms with Crippen molar-refractivity contribution < 1.29 is 0 Å². The molecule has 0 aromatic heterocycles. The molecule has 17 heavy (non-hydrogen) atoms. The number of allylic oxidation sites excluding steroid dienone is 6. The molecule has 1 N–H and O–H groups in total. The maximum absolute atomic E-state index is 7.67. The van der Waals surface area contributed by atoms with Crippen LogP contribution in [0, 0.1) is 11.3 Å². The molecular formula is C16H23N. The van der Waals surface area contributed by atoms with E-state index in [0.717, 1.165) is 25.0 Å². The van der Waals surface area contributed by atoms with E-state index in [9.17, 15) is 0 Å². The van der Waals surface area contributed by atoms with Crippen LogP contribution in [0.25, 0.3) is 0 Å². The summed E-state index contributed by atoms with van der Waals surface area (Å²) in [5.41, 5.74) is 7.05. The second-order valence-corrected chi connectivity index (χ2v) is 5.38. The molecule has 0 bridgehead atoms. The number of rotatable bonds is 2. The monoisotopic (exact) mass is 229 g/mol. The van der Waals surface area contributed by atoms with Gasteiger partial charge in [0.1, 0.15) is 0 Å². The maximum Gasteiger partial charge on any atom is 0.0130 e. The van der Waals surface area contributed by atoms with Gasteiger partial charge in [-0.2, -0.15) is 0 Å². The van der Waals surface area contributed by atoms with Gasteiger partial charge in [0.05, 0.1) is 0 Å². The molecule has 0 saturated heterocycles. The van der Waals surface area contributed by atoms with Crippen molar-refractivity contribution in [3.8, 4) is 0 Å². The van der Waals surface area contributed by atoms with E-state index < -0.39 is 0 Å². The van der Waals surface area contributed by atoms with Crippen LogP contribution in [0.5, 0.6) is 0 Å². The molecule has 0 aromatic carbocycles. The Morgan fingerprint density at radius 3 is 2.53 bits per heavy atom. The predicted octanol–water partition coefficient (Wildman–Crippen LogP) is 4.81. The van der Waals surface area contributed by atoms with Crippen LogP contribution in [0.2, 0.25) is 0 Å². The lowest BCUT2D eigenvalue weighted by molar-refractivity contribution is 0.677. The highest BCUT2D eigenvalue weighted by Crippen LogP contribution is 2.35. The van der Waals surface area contributed by atoms with Gasteiger partial charge in [-0.25, -0.2) is 0 Å².